The second-order valence-corrected chi connectivity index (χ2v) is 4.68. The molecule has 0 fully saturated rings. The zero-order chi connectivity index (χ0) is 12.8. The average Bonchev–Trinajstić information content (AvgIpc) is 2.27. The Hall–Kier alpha value is -1.36. The Labute approximate surface area is 108 Å². The third-order valence-electron chi connectivity index (χ3n) is 2.38. The van der Waals surface area contributed by atoms with Crippen molar-refractivity contribution in [2.24, 2.45) is 0 Å². The van der Waals surface area contributed by atoms with Gasteiger partial charge in [0.15, 0.2) is 0 Å². The van der Waals surface area contributed by atoms with Crippen LogP contribution in [0.1, 0.15) is 12.0 Å². The molecule has 1 N–H and O–H groups in total. The Balaban J connectivity index is 2.42. The normalized spacial score (nSPS) is 10.0. The first-order valence-electron chi connectivity index (χ1n) is 5.19. The highest BCUT2D eigenvalue weighted by Gasteiger charge is 2.12. The van der Waals surface area contributed by atoms with E-state index in [1.165, 1.54) is 4.90 Å². The fourth-order valence-electron chi connectivity index (χ4n) is 1.34. The van der Waals surface area contributed by atoms with Gasteiger partial charge in [-0.3, -0.25) is 9.59 Å². The molecule has 0 atom stereocenters. The number of carboxylic acids is 1. The van der Waals surface area contributed by atoms with E-state index in [1.807, 2.05) is 24.3 Å². The first kappa shape index (κ1) is 13.7. The number of carboxylic acid groups (broad SMARTS) is 1. The lowest BCUT2D eigenvalue weighted by molar-refractivity contribution is -0.143. The molecule has 0 aliphatic heterocycles. The van der Waals surface area contributed by atoms with Crippen molar-refractivity contribution in [3.63, 3.8) is 0 Å². The molecule has 0 aromatic heterocycles. The molecule has 0 bridgehead atoms. The number of rotatable bonds is 5. The molecule has 0 saturated carbocycles. The van der Waals surface area contributed by atoms with E-state index >= 15 is 0 Å². The van der Waals surface area contributed by atoms with Crippen LogP contribution in [0.2, 0.25) is 0 Å². The summed E-state index contributed by atoms with van der Waals surface area (Å²) in [5.41, 5.74) is 1.11. The van der Waals surface area contributed by atoms with E-state index in [1.54, 1.807) is 7.05 Å². The minimum Gasteiger partial charge on any atom is -0.481 e. The van der Waals surface area contributed by atoms with Gasteiger partial charge in [0.05, 0.1) is 0 Å². The number of nitrogens with zero attached hydrogens (tertiary/aromatic N) is 1. The van der Waals surface area contributed by atoms with Gasteiger partial charge in [-0.25, -0.2) is 0 Å². The predicted molar refractivity (Wildman–Crippen MR) is 67.7 cm³/mol. The maximum absolute atomic E-state index is 11.4. The molecule has 1 aromatic carbocycles. The Morgan fingerprint density at radius 1 is 1.29 bits per heavy atom. The van der Waals surface area contributed by atoms with E-state index in [4.69, 9.17) is 5.11 Å². The molecule has 0 aliphatic rings. The number of halogens is 1. The molecular formula is C12H14BrNO3. The maximum atomic E-state index is 11.4. The van der Waals surface area contributed by atoms with Crippen molar-refractivity contribution in [1.29, 1.82) is 0 Å². The standard InChI is InChI=1S/C12H14BrNO3/c1-14(11(15)8-12(16)17)7-6-9-2-4-10(13)5-3-9/h2-5H,6-8H2,1H3,(H,16,17). The molecule has 1 amide bonds. The molecular weight excluding hydrogens is 286 g/mol. The van der Waals surface area contributed by atoms with Crippen molar-refractivity contribution in [2.45, 2.75) is 12.8 Å². The largest absolute Gasteiger partial charge is 0.481 e. The van der Waals surface area contributed by atoms with Gasteiger partial charge in [-0.15, -0.1) is 0 Å². The quantitative estimate of drug-likeness (QED) is 0.845. The summed E-state index contributed by atoms with van der Waals surface area (Å²) >= 11 is 3.35. The Kier molecular flexibility index (Phi) is 5.15. The number of hydrogen-bond acceptors (Lipinski definition) is 2. The van der Waals surface area contributed by atoms with Crippen molar-refractivity contribution in [3.05, 3.63) is 34.3 Å². The van der Waals surface area contributed by atoms with Gasteiger partial charge < -0.3 is 10.0 Å². The number of hydrogen-bond donors (Lipinski definition) is 1. The summed E-state index contributed by atoms with van der Waals surface area (Å²) in [5.74, 6) is -1.46. The predicted octanol–water partition coefficient (Wildman–Crippen LogP) is 1.92. The second kappa shape index (κ2) is 6.39. The van der Waals surface area contributed by atoms with E-state index < -0.39 is 12.4 Å². The third kappa shape index (κ3) is 4.99. The van der Waals surface area contributed by atoms with Crippen LogP contribution in [-0.4, -0.2) is 35.5 Å². The first-order valence-corrected chi connectivity index (χ1v) is 5.98. The molecule has 4 nitrogen and oxygen atoms in total. The lowest BCUT2D eigenvalue weighted by atomic mass is 10.1. The summed E-state index contributed by atoms with van der Waals surface area (Å²) in [7, 11) is 1.62. The van der Waals surface area contributed by atoms with Gasteiger partial charge in [0.1, 0.15) is 6.42 Å². The monoisotopic (exact) mass is 299 g/mol. The molecule has 17 heavy (non-hydrogen) atoms. The van der Waals surface area contributed by atoms with Gasteiger partial charge in [0.25, 0.3) is 0 Å². The van der Waals surface area contributed by atoms with Gasteiger partial charge in [0.2, 0.25) is 5.91 Å². The SMILES string of the molecule is CN(CCc1ccc(Br)cc1)C(=O)CC(=O)O. The average molecular weight is 300 g/mol. The molecule has 1 aromatic rings. The highest BCUT2D eigenvalue weighted by molar-refractivity contribution is 9.10. The fraction of sp³-hybridized carbons (Fsp3) is 0.333. The zero-order valence-electron chi connectivity index (χ0n) is 9.52. The van der Waals surface area contributed by atoms with E-state index in [9.17, 15) is 9.59 Å². The summed E-state index contributed by atoms with van der Waals surface area (Å²) in [4.78, 5) is 23.2. The number of benzene rings is 1. The van der Waals surface area contributed by atoms with Gasteiger partial charge in [-0.1, -0.05) is 28.1 Å². The van der Waals surface area contributed by atoms with Crippen molar-refractivity contribution in [2.75, 3.05) is 13.6 Å². The van der Waals surface area contributed by atoms with Crippen LogP contribution in [0.25, 0.3) is 0 Å². The van der Waals surface area contributed by atoms with E-state index in [0.29, 0.717) is 6.54 Å². The van der Waals surface area contributed by atoms with Crippen LogP contribution in [-0.2, 0) is 16.0 Å². The van der Waals surface area contributed by atoms with Gasteiger partial charge >= 0.3 is 5.97 Å². The number of aliphatic carboxylic acids is 1. The molecule has 0 aliphatic carbocycles. The lowest BCUT2D eigenvalue weighted by Gasteiger charge is -2.15. The Morgan fingerprint density at radius 3 is 2.41 bits per heavy atom. The van der Waals surface area contributed by atoms with Crippen LogP contribution in [0.3, 0.4) is 0 Å². The highest BCUT2D eigenvalue weighted by atomic mass is 79.9. The van der Waals surface area contributed by atoms with Gasteiger partial charge in [0, 0.05) is 18.1 Å². The summed E-state index contributed by atoms with van der Waals surface area (Å²) < 4.78 is 1.01. The summed E-state index contributed by atoms with van der Waals surface area (Å²) in [6.07, 6.45) is 0.270. The molecule has 0 heterocycles. The van der Waals surface area contributed by atoms with Crippen LogP contribution in [0.5, 0.6) is 0 Å². The number of likely N-dealkylation sites (N-methyl/N-ethyl adjacent to an activating group) is 1. The van der Waals surface area contributed by atoms with E-state index in [0.717, 1.165) is 16.5 Å². The highest BCUT2D eigenvalue weighted by Crippen LogP contribution is 2.11. The van der Waals surface area contributed by atoms with E-state index in [2.05, 4.69) is 15.9 Å². The van der Waals surface area contributed by atoms with Gasteiger partial charge in [-0.2, -0.15) is 0 Å². The van der Waals surface area contributed by atoms with Crippen molar-refractivity contribution >= 4 is 27.8 Å². The minimum atomic E-state index is -1.09. The molecule has 0 radical (unpaired) electrons. The van der Waals surface area contributed by atoms with Crippen LogP contribution in [0.15, 0.2) is 28.7 Å². The molecule has 5 heteroatoms. The molecule has 92 valence electrons. The Morgan fingerprint density at radius 2 is 1.88 bits per heavy atom. The molecule has 0 saturated heterocycles. The van der Waals surface area contributed by atoms with Crippen LogP contribution in [0, 0.1) is 0 Å². The summed E-state index contributed by atoms with van der Waals surface area (Å²) in [6.45, 7) is 0.522. The third-order valence-corrected chi connectivity index (χ3v) is 2.91. The smallest absolute Gasteiger partial charge is 0.312 e. The first-order chi connectivity index (χ1) is 7.99. The lowest BCUT2D eigenvalue weighted by Crippen LogP contribution is -2.30. The van der Waals surface area contributed by atoms with Crippen molar-refractivity contribution in [1.82, 2.24) is 4.90 Å². The summed E-state index contributed by atoms with van der Waals surface area (Å²) in [6, 6.07) is 7.82. The minimum absolute atomic E-state index is 0.366. The van der Waals surface area contributed by atoms with Crippen LogP contribution >= 0.6 is 15.9 Å². The number of carbonyl (C=O) groups excluding carboxylic acids is 1. The van der Waals surface area contributed by atoms with Crippen LogP contribution < -0.4 is 0 Å². The van der Waals surface area contributed by atoms with Gasteiger partial charge in [-0.05, 0) is 24.1 Å². The second-order valence-electron chi connectivity index (χ2n) is 3.76. The maximum Gasteiger partial charge on any atom is 0.312 e. The molecule has 1 rings (SSSR count). The number of amides is 1. The van der Waals surface area contributed by atoms with Crippen molar-refractivity contribution in [3.8, 4) is 0 Å². The topological polar surface area (TPSA) is 57.6 Å². The number of carbonyl (C=O) groups is 2. The zero-order valence-corrected chi connectivity index (χ0v) is 11.1. The van der Waals surface area contributed by atoms with E-state index in [-0.39, 0.29) is 5.91 Å². The summed E-state index contributed by atoms with van der Waals surface area (Å²) in [5, 5.41) is 8.50. The molecule has 0 unspecified atom stereocenters. The van der Waals surface area contributed by atoms with Crippen molar-refractivity contribution < 1.29 is 14.7 Å². The van der Waals surface area contributed by atoms with Crippen LogP contribution in [0.4, 0.5) is 0 Å². The molecule has 0 spiro atoms. The fourth-order valence-corrected chi connectivity index (χ4v) is 1.60. The Bertz CT molecular complexity index is 403.